The first-order chi connectivity index (χ1) is 8.95. The van der Waals surface area contributed by atoms with Gasteiger partial charge < -0.3 is 5.73 Å². The Balaban J connectivity index is 2.29. The maximum absolute atomic E-state index is 5.84. The lowest BCUT2D eigenvalue weighted by Gasteiger charge is -2.08. The van der Waals surface area contributed by atoms with Gasteiger partial charge in [-0.05, 0) is 37.1 Å². The number of aromatic nitrogens is 2. The Bertz CT molecular complexity index is 594. The minimum Gasteiger partial charge on any atom is -0.384 e. The van der Waals surface area contributed by atoms with Crippen LogP contribution in [0, 0.1) is 13.8 Å². The van der Waals surface area contributed by atoms with E-state index in [1.54, 1.807) is 11.8 Å². The molecule has 0 amide bonds. The predicted molar refractivity (Wildman–Crippen MR) is 80.6 cm³/mol. The third-order valence-corrected chi connectivity index (χ3v) is 3.86. The molecule has 0 fully saturated rings. The summed E-state index contributed by atoms with van der Waals surface area (Å²) in [6.45, 7) is 8.37. The fourth-order valence-corrected chi connectivity index (χ4v) is 2.60. The molecule has 0 saturated heterocycles. The molecule has 0 unspecified atom stereocenters. The van der Waals surface area contributed by atoms with E-state index in [2.05, 4.69) is 55.9 Å². The van der Waals surface area contributed by atoms with Crippen LogP contribution in [0.3, 0.4) is 0 Å². The van der Waals surface area contributed by atoms with Gasteiger partial charge in [0.2, 0.25) is 0 Å². The SMILES string of the molecule is Cc1ccc(Sc2cc(N)nc(C(C)C)n2)cc1C. The van der Waals surface area contributed by atoms with E-state index in [-0.39, 0.29) is 5.92 Å². The summed E-state index contributed by atoms with van der Waals surface area (Å²) in [7, 11) is 0. The molecule has 2 N–H and O–H groups in total. The van der Waals surface area contributed by atoms with E-state index >= 15 is 0 Å². The second kappa shape index (κ2) is 5.61. The highest BCUT2D eigenvalue weighted by Crippen LogP contribution is 2.29. The molecule has 0 bridgehead atoms. The van der Waals surface area contributed by atoms with Crippen LogP contribution >= 0.6 is 11.8 Å². The third kappa shape index (κ3) is 3.47. The van der Waals surface area contributed by atoms with Crippen LogP contribution in [0.4, 0.5) is 5.82 Å². The molecule has 1 aromatic heterocycles. The third-order valence-electron chi connectivity index (χ3n) is 2.96. The van der Waals surface area contributed by atoms with Crippen molar-refractivity contribution in [3.05, 3.63) is 41.2 Å². The van der Waals surface area contributed by atoms with Gasteiger partial charge in [-0.15, -0.1) is 0 Å². The molecule has 0 aliphatic heterocycles. The molecule has 3 nitrogen and oxygen atoms in total. The Hall–Kier alpha value is -1.55. The van der Waals surface area contributed by atoms with Crippen LogP contribution in [0.2, 0.25) is 0 Å². The van der Waals surface area contributed by atoms with E-state index < -0.39 is 0 Å². The quantitative estimate of drug-likeness (QED) is 0.860. The molecular weight excluding hydrogens is 254 g/mol. The normalized spacial score (nSPS) is 11.0. The highest BCUT2D eigenvalue weighted by Gasteiger charge is 2.08. The first-order valence-electron chi connectivity index (χ1n) is 6.35. The summed E-state index contributed by atoms with van der Waals surface area (Å²) in [6, 6.07) is 8.24. The average Bonchev–Trinajstić information content (AvgIpc) is 2.33. The zero-order valence-electron chi connectivity index (χ0n) is 11.8. The molecule has 1 aromatic carbocycles. The van der Waals surface area contributed by atoms with E-state index in [1.807, 2.05) is 6.07 Å². The van der Waals surface area contributed by atoms with E-state index in [0.717, 1.165) is 10.9 Å². The van der Waals surface area contributed by atoms with Crippen molar-refractivity contribution in [2.24, 2.45) is 0 Å². The van der Waals surface area contributed by atoms with Crippen LogP contribution in [-0.2, 0) is 0 Å². The number of nitrogens with zero attached hydrogens (tertiary/aromatic N) is 2. The van der Waals surface area contributed by atoms with Gasteiger partial charge in [-0.3, -0.25) is 0 Å². The lowest BCUT2D eigenvalue weighted by molar-refractivity contribution is 0.756. The van der Waals surface area contributed by atoms with Crippen LogP contribution in [0.1, 0.15) is 36.7 Å². The Labute approximate surface area is 118 Å². The number of benzene rings is 1. The van der Waals surface area contributed by atoms with Crippen LogP contribution in [0.15, 0.2) is 34.2 Å². The van der Waals surface area contributed by atoms with Crippen LogP contribution in [0.5, 0.6) is 0 Å². The summed E-state index contributed by atoms with van der Waals surface area (Å²) in [5, 5.41) is 0.902. The van der Waals surface area contributed by atoms with Crippen LogP contribution < -0.4 is 5.73 Å². The van der Waals surface area contributed by atoms with Gasteiger partial charge in [0.1, 0.15) is 16.7 Å². The average molecular weight is 273 g/mol. The largest absolute Gasteiger partial charge is 0.384 e. The molecule has 0 aliphatic rings. The van der Waals surface area contributed by atoms with Gasteiger partial charge in [0.15, 0.2) is 0 Å². The standard InChI is InChI=1S/C15H19N3S/c1-9(2)15-17-13(16)8-14(18-15)19-12-6-5-10(3)11(4)7-12/h5-9H,1-4H3,(H2,16,17,18). The molecule has 1 heterocycles. The van der Waals surface area contributed by atoms with Crippen LogP contribution in [-0.4, -0.2) is 9.97 Å². The second-order valence-corrected chi connectivity index (χ2v) is 6.09. The molecule has 4 heteroatoms. The minimum absolute atomic E-state index is 0.280. The maximum Gasteiger partial charge on any atom is 0.134 e. The fourth-order valence-electron chi connectivity index (χ4n) is 1.67. The molecule has 19 heavy (non-hydrogen) atoms. The van der Waals surface area contributed by atoms with Crippen molar-refractivity contribution in [2.45, 2.75) is 43.5 Å². The smallest absolute Gasteiger partial charge is 0.134 e. The monoisotopic (exact) mass is 273 g/mol. The lowest BCUT2D eigenvalue weighted by atomic mass is 10.1. The summed E-state index contributed by atoms with van der Waals surface area (Å²) in [6.07, 6.45) is 0. The number of hydrogen-bond acceptors (Lipinski definition) is 4. The van der Waals surface area contributed by atoms with Crippen LogP contribution in [0.25, 0.3) is 0 Å². The first kappa shape index (κ1) is 13.9. The summed E-state index contributed by atoms with van der Waals surface area (Å²) >= 11 is 1.63. The van der Waals surface area contributed by atoms with Gasteiger partial charge in [0.05, 0.1) is 0 Å². The summed E-state index contributed by atoms with van der Waals surface area (Å²) < 4.78 is 0. The zero-order chi connectivity index (χ0) is 14.0. The number of nitrogens with two attached hydrogens (primary N) is 1. The molecule has 0 aliphatic carbocycles. The lowest BCUT2D eigenvalue weighted by Crippen LogP contribution is -2.02. The van der Waals surface area contributed by atoms with Gasteiger partial charge in [-0.1, -0.05) is 31.7 Å². The van der Waals surface area contributed by atoms with Crippen molar-refractivity contribution in [3.63, 3.8) is 0 Å². The Morgan fingerprint density at radius 2 is 1.79 bits per heavy atom. The number of aryl methyl sites for hydroxylation is 2. The van der Waals surface area contributed by atoms with Crippen molar-refractivity contribution in [2.75, 3.05) is 5.73 Å². The molecule has 0 saturated carbocycles. The molecule has 0 atom stereocenters. The summed E-state index contributed by atoms with van der Waals surface area (Å²) in [5.74, 6) is 1.61. The number of nitrogen functional groups attached to an aromatic ring is 1. The molecule has 0 spiro atoms. The van der Waals surface area contributed by atoms with E-state index in [0.29, 0.717) is 5.82 Å². The minimum atomic E-state index is 0.280. The van der Waals surface area contributed by atoms with Gasteiger partial charge >= 0.3 is 0 Å². The van der Waals surface area contributed by atoms with Crippen molar-refractivity contribution in [1.82, 2.24) is 9.97 Å². The Kier molecular flexibility index (Phi) is 4.10. The Morgan fingerprint density at radius 1 is 1.05 bits per heavy atom. The van der Waals surface area contributed by atoms with Crippen molar-refractivity contribution in [1.29, 1.82) is 0 Å². The molecule has 0 radical (unpaired) electrons. The highest BCUT2D eigenvalue weighted by atomic mass is 32.2. The van der Waals surface area contributed by atoms with E-state index in [4.69, 9.17) is 5.73 Å². The summed E-state index contributed by atoms with van der Waals surface area (Å²) in [4.78, 5) is 9.99. The number of rotatable bonds is 3. The zero-order valence-corrected chi connectivity index (χ0v) is 12.6. The molecule has 100 valence electrons. The van der Waals surface area contributed by atoms with Crippen molar-refractivity contribution < 1.29 is 0 Å². The highest BCUT2D eigenvalue weighted by molar-refractivity contribution is 7.99. The van der Waals surface area contributed by atoms with Crippen molar-refractivity contribution in [3.8, 4) is 0 Å². The van der Waals surface area contributed by atoms with Gasteiger partial charge in [-0.2, -0.15) is 0 Å². The van der Waals surface area contributed by atoms with Gasteiger partial charge in [0.25, 0.3) is 0 Å². The molecular formula is C15H19N3S. The maximum atomic E-state index is 5.84. The number of anilines is 1. The van der Waals surface area contributed by atoms with E-state index in [1.165, 1.54) is 16.0 Å². The van der Waals surface area contributed by atoms with E-state index in [9.17, 15) is 0 Å². The van der Waals surface area contributed by atoms with Gasteiger partial charge in [0, 0.05) is 16.9 Å². The first-order valence-corrected chi connectivity index (χ1v) is 7.17. The molecule has 2 rings (SSSR count). The topological polar surface area (TPSA) is 51.8 Å². The fraction of sp³-hybridized carbons (Fsp3) is 0.333. The Morgan fingerprint density at radius 3 is 2.42 bits per heavy atom. The molecule has 2 aromatic rings. The number of hydrogen-bond donors (Lipinski definition) is 1. The predicted octanol–water partition coefficient (Wildman–Crippen LogP) is 3.95. The van der Waals surface area contributed by atoms with Crippen molar-refractivity contribution >= 4 is 17.6 Å². The second-order valence-electron chi connectivity index (χ2n) is 4.99. The summed E-state index contributed by atoms with van der Waals surface area (Å²) in [5.41, 5.74) is 8.43. The van der Waals surface area contributed by atoms with Gasteiger partial charge in [-0.25, -0.2) is 9.97 Å².